The summed E-state index contributed by atoms with van der Waals surface area (Å²) >= 11 is 0. The molecular formula is C25H32N2O2. The summed E-state index contributed by atoms with van der Waals surface area (Å²) in [5.74, 6) is 1.30. The Labute approximate surface area is 174 Å². The van der Waals surface area contributed by atoms with Gasteiger partial charge in [0.1, 0.15) is 5.75 Å². The highest BCUT2D eigenvalue weighted by Gasteiger charge is 2.30. The van der Waals surface area contributed by atoms with Gasteiger partial charge in [0, 0.05) is 43.7 Å². The number of rotatable bonds is 6. The lowest BCUT2D eigenvalue weighted by Crippen LogP contribution is -2.49. The number of carbonyl (C=O) groups is 1. The first-order chi connectivity index (χ1) is 14.2. The van der Waals surface area contributed by atoms with Crippen molar-refractivity contribution in [3.05, 3.63) is 59.7 Å². The summed E-state index contributed by atoms with van der Waals surface area (Å²) in [6.07, 6.45) is 4.67. The van der Waals surface area contributed by atoms with Crippen LogP contribution in [0, 0.1) is 0 Å². The molecule has 1 saturated heterocycles. The number of ether oxygens (including phenoxy) is 1. The molecule has 2 aromatic carbocycles. The molecule has 0 N–H and O–H groups in total. The van der Waals surface area contributed by atoms with Crippen LogP contribution in [0.4, 0.5) is 5.69 Å². The van der Waals surface area contributed by atoms with E-state index in [2.05, 4.69) is 42.2 Å². The van der Waals surface area contributed by atoms with Gasteiger partial charge in [-0.05, 0) is 55.5 Å². The molecule has 4 rings (SSSR count). The number of carbonyl (C=O) groups excluding carboxylic acids is 1. The van der Waals surface area contributed by atoms with E-state index < -0.39 is 0 Å². The molecule has 2 aromatic rings. The first kappa shape index (κ1) is 20.0. The van der Waals surface area contributed by atoms with E-state index in [4.69, 9.17) is 4.74 Å². The molecule has 2 aliphatic heterocycles. The van der Waals surface area contributed by atoms with Gasteiger partial charge in [0.25, 0.3) is 0 Å². The number of anilines is 1. The molecule has 154 valence electrons. The zero-order chi connectivity index (χ0) is 20.2. The summed E-state index contributed by atoms with van der Waals surface area (Å²) in [6, 6.07) is 17.6. The second-order valence-electron chi connectivity index (χ2n) is 8.31. The van der Waals surface area contributed by atoms with Crippen LogP contribution in [0.25, 0.3) is 0 Å². The van der Waals surface area contributed by atoms with Gasteiger partial charge < -0.3 is 14.5 Å². The molecule has 2 aliphatic rings. The second-order valence-corrected chi connectivity index (χ2v) is 8.31. The lowest BCUT2D eigenvalue weighted by Gasteiger charge is -2.40. The van der Waals surface area contributed by atoms with Crippen LogP contribution >= 0.6 is 0 Å². The molecule has 1 fully saturated rings. The molecular weight excluding hydrogens is 360 g/mol. The van der Waals surface area contributed by atoms with Crippen molar-refractivity contribution < 1.29 is 9.53 Å². The summed E-state index contributed by atoms with van der Waals surface area (Å²) in [4.78, 5) is 17.3. The van der Waals surface area contributed by atoms with Crippen molar-refractivity contribution in [2.24, 2.45) is 0 Å². The van der Waals surface area contributed by atoms with Gasteiger partial charge in [-0.1, -0.05) is 37.3 Å². The average Bonchev–Trinajstić information content (AvgIpc) is 3.23. The molecule has 0 spiro atoms. The number of benzene rings is 2. The largest absolute Gasteiger partial charge is 0.493 e. The molecule has 0 bridgehead atoms. The van der Waals surface area contributed by atoms with E-state index in [1.807, 2.05) is 30.0 Å². The molecule has 1 atom stereocenters. The maximum atomic E-state index is 12.7. The minimum atomic E-state index is 0.223. The van der Waals surface area contributed by atoms with Crippen LogP contribution in [0.2, 0.25) is 0 Å². The van der Waals surface area contributed by atoms with Crippen LogP contribution in [0.1, 0.15) is 44.2 Å². The number of hydrogen-bond acceptors (Lipinski definition) is 3. The van der Waals surface area contributed by atoms with Crippen molar-refractivity contribution in [1.29, 1.82) is 0 Å². The fourth-order valence-corrected chi connectivity index (χ4v) is 4.71. The van der Waals surface area contributed by atoms with Gasteiger partial charge in [0.15, 0.2) is 0 Å². The maximum Gasteiger partial charge on any atom is 0.226 e. The van der Waals surface area contributed by atoms with E-state index >= 15 is 0 Å². The van der Waals surface area contributed by atoms with Gasteiger partial charge >= 0.3 is 0 Å². The average molecular weight is 393 g/mol. The van der Waals surface area contributed by atoms with Crippen LogP contribution in [0.3, 0.4) is 0 Å². The number of amides is 1. The van der Waals surface area contributed by atoms with Crippen molar-refractivity contribution in [3.63, 3.8) is 0 Å². The Morgan fingerprint density at radius 3 is 2.66 bits per heavy atom. The fraction of sp³-hybridized carbons (Fsp3) is 0.480. The van der Waals surface area contributed by atoms with Crippen molar-refractivity contribution in [2.75, 3.05) is 24.6 Å². The second kappa shape index (κ2) is 9.00. The SMILES string of the molecule is CCC(=O)N(c1ccccc1)C1CCN(C(C)Cc2ccc3c(c2)OCC3)CC1. The smallest absolute Gasteiger partial charge is 0.226 e. The maximum absolute atomic E-state index is 12.7. The van der Waals surface area contributed by atoms with E-state index in [1.165, 1.54) is 11.1 Å². The number of para-hydroxylation sites is 1. The number of piperidine rings is 1. The molecule has 0 radical (unpaired) electrons. The quantitative estimate of drug-likeness (QED) is 0.728. The zero-order valence-electron chi connectivity index (χ0n) is 17.6. The third kappa shape index (κ3) is 4.48. The van der Waals surface area contributed by atoms with Crippen molar-refractivity contribution >= 4 is 11.6 Å². The lowest BCUT2D eigenvalue weighted by molar-refractivity contribution is -0.119. The monoisotopic (exact) mass is 392 g/mol. The van der Waals surface area contributed by atoms with E-state index in [0.29, 0.717) is 18.5 Å². The topological polar surface area (TPSA) is 32.8 Å². The Morgan fingerprint density at radius 2 is 1.93 bits per heavy atom. The van der Waals surface area contributed by atoms with E-state index in [0.717, 1.165) is 56.8 Å². The molecule has 0 aromatic heterocycles. The summed E-state index contributed by atoms with van der Waals surface area (Å²) in [7, 11) is 0. The molecule has 0 aliphatic carbocycles. The summed E-state index contributed by atoms with van der Waals surface area (Å²) < 4.78 is 5.73. The Balaban J connectivity index is 1.37. The highest BCUT2D eigenvalue weighted by atomic mass is 16.5. The van der Waals surface area contributed by atoms with Crippen molar-refractivity contribution in [3.8, 4) is 5.75 Å². The Hall–Kier alpha value is -2.33. The van der Waals surface area contributed by atoms with Gasteiger partial charge in [-0.2, -0.15) is 0 Å². The Kier molecular flexibility index (Phi) is 6.19. The standard InChI is InChI=1S/C25H32N2O2/c1-3-25(28)27(22-7-5-4-6-8-22)23-11-14-26(15-12-23)19(2)17-20-9-10-21-13-16-29-24(21)18-20/h4-10,18-19,23H,3,11-17H2,1-2H3. The minimum Gasteiger partial charge on any atom is -0.493 e. The van der Waals surface area contributed by atoms with Crippen molar-refractivity contribution in [2.45, 2.75) is 58.0 Å². The fourth-order valence-electron chi connectivity index (χ4n) is 4.71. The first-order valence-electron chi connectivity index (χ1n) is 11.0. The third-order valence-corrected chi connectivity index (χ3v) is 6.38. The van der Waals surface area contributed by atoms with Gasteiger partial charge in [0.2, 0.25) is 5.91 Å². The number of likely N-dealkylation sites (tertiary alicyclic amines) is 1. The molecule has 4 heteroatoms. The van der Waals surface area contributed by atoms with Crippen LogP contribution in [-0.2, 0) is 17.6 Å². The third-order valence-electron chi connectivity index (χ3n) is 6.38. The summed E-state index contributed by atoms with van der Waals surface area (Å²) in [5.41, 5.74) is 3.72. The molecule has 4 nitrogen and oxygen atoms in total. The number of fused-ring (bicyclic) bond motifs is 1. The Bertz CT molecular complexity index is 828. The molecule has 0 saturated carbocycles. The highest BCUT2D eigenvalue weighted by molar-refractivity contribution is 5.93. The molecule has 1 amide bonds. The van der Waals surface area contributed by atoms with Gasteiger partial charge in [-0.25, -0.2) is 0 Å². The van der Waals surface area contributed by atoms with Gasteiger partial charge in [0.05, 0.1) is 6.61 Å². The lowest BCUT2D eigenvalue weighted by atomic mass is 9.97. The predicted octanol–water partition coefficient (Wildman–Crippen LogP) is 4.46. The molecule has 2 heterocycles. The van der Waals surface area contributed by atoms with Crippen LogP contribution in [0.5, 0.6) is 5.75 Å². The number of nitrogens with zero attached hydrogens (tertiary/aromatic N) is 2. The van der Waals surface area contributed by atoms with Crippen molar-refractivity contribution in [1.82, 2.24) is 4.90 Å². The van der Waals surface area contributed by atoms with E-state index in [9.17, 15) is 4.79 Å². The molecule has 1 unspecified atom stereocenters. The van der Waals surface area contributed by atoms with Gasteiger partial charge in [-0.3, -0.25) is 4.79 Å². The first-order valence-corrected chi connectivity index (χ1v) is 11.0. The van der Waals surface area contributed by atoms with Crippen LogP contribution in [0.15, 0.2) is 48.5 Å². The number of hydrogen-bond donors (Lipinski definition) is 0. The van der Waals surface area contributed by atoms with Gasteiger partial charge in [-0.15, -0.1) is 0 Å². The summed E-state index contributed by atoms with van der Waals surface area (Å²) in [6.45, 7) is 7.16. The Morgan fingerprint density at radius 1 is 1.17 bits per heavy atom. The highest BCUT2D eigenvalue weighted by Crippen LogP contribution is 2.28. The normalized spacial score (nSPS) is 18.1. The van der Waals surface area contributed by atoms with E-state index in [1.54, 1.807) is 0 Å². The van der Waals surface area contributed by atoms with Crippen LogP contribution < -0.4 is 9.64 Å². The zero-order valence-corrected chi connectivity index (χ0v) is 17.6. The van der Waals surface area contributed by atoms with E-state index in [-0.39, 0.29) is 5.91 Å². The summed E-state index contributed by atoms with van der Waals surface area (Å²) in [5, 5.41) is 0. The van der Waals surface area contributed by atoms with Crippen LogP contribution in [-0.4, -0.2) is 42.6 Å². The minimum absolute atomic E-state index is 0.223. The predicted molar refractivity (Wildman–Crippen MR) is 118 cm³/mol. The molecule has 29 heavy (non-hydrogen) atoms.